The molecule has 156 valence electrons. The van der Waals surface area contributed by atoms with Gasteiger partial charge in [0.15, 0.2) is 0 Å². The number of carboxylic acid groups (broad SMARTS) is 1. The van der Waals surface area contributed by atoms with Gasteiger partial charge in [0.05, 0.1) is 30.5 Å². The normalized spacial score (nSPS) is 10.8. The quantitative estimate of drug-likeness (QED) is 0.399. The lowest BCUT2D eigenvalue weighted by molar-refractivity contribution is 0.0699. The summed E-state index contributed by atoms with van der Waals surface area (Å²) in [4.78, 5) is 16.7. The fourth-order valence-corrected chi connectivity index (χ4v) is 3.46. The van der Waals surface area contributed by atoms with Crippen molar-refractivity contribution in [3.05, 3.63) is 78.4 Å². The Balaban J connectivity index is 1.77. The maximum absolute atomic E-state index is 11.9. The van der Waals surface area contributed by atoms with E-state index in [9.17, 15) is 9.90 Å². The van der Waals surface area contributed by atoms with E-state index in [1.54, 1.807) is 13.2 Å². The lowest BCUT2D eigenvalue weighted by atomic mass is 9.99. The molecule has 0 aliphatic rings. The Hall–Kier alpha value is -3.86. The van der Waals surface area contributed by atoms with Crippen LogP contribution in [0.2, 0.25) is 0 Å². The van der Waals surface area contributed by atoms with E-state index in [0.29, 0.717) is 23.2 Å². The van der Waals surface area contributed by atoms with Crippen molar-refractivity contribution < 1.29 is 19.4 Å². The first kappa shape index (κ1) is 20.4. The third kappa shape index (κ3) is 4.36. The first-order chi connectivity index (χ1) is 15.1. The molecule has 5 nitrogen and oxygen atoms in total. The molecule has 1 aromatic heterocycles. The van der Waals surface area contributed by atoms with Gasteiger partial charge in [-0.3, -0.25) is 0 Å². The van der Waals surface area contributed by atoms with E-state index in [1.807, 2.05) is 66.7 Å². The predicted molar refractivity (Wildman–Crippen MR) is 122 cm³/mol. The van der Waals surface area contributed by atoms with E-state index in [1.165, 1.54) is 0 Å². The zero-order valence-electron chi connectivity index (χ0n) is 17.5. The summed E-state index contributed by atoms with van der Waals surface area (Å²) in [6.45, 7) is 2.76. The number of aromatic carboxylic acids is 1. The van der Waals surface area contributed by atoms with E-state index < -0.39 is 5.97 Å². The summed E-state index contributed by atoms with van der Waals surface area (Å²) < 4.78 is 10.9. The van der Waals surface area contributed by atoms with Crippen molar-refractivity contribution in [1.82, 2.24) is 4.98 Å². The van der Waals surface area contributed by atoms with Crippen LogP contribution in [-0.2, 0) is 0 Å². The van der Waals surface area contributed by atoms with Crippen molar-refractivity contribution in [3.63, 3.8) is 0 Å². The Morgan fingerprint density at radius 3 is 2.16 bits per heavy atom. The Morgan fingerprint density at radius 1 is 0.871 bits per heavy atom. The second-order valence-electron chi connectivity index (χ2n) is 7.19. The Labute approximate surface area is 180 Å². The summed E-state index contributed by atoms with van der Waals surface area (Å²) in [5.41, 5.74) is 4.27. The number of nitrogens with zero attached hydrogens (tertiary/aromatic N) is 1. The van der Waals surface area contributed by atoms with E-state index in [4.69, 9.17) is 14.5 Å². The van der Waals surface area contributed by atoms with Gasteiger partial charge in [-0.05, 0) is 66.1 Å². The summed E-state index contributed by atoms with van der Waals surface area (Å²) in [5, 5.41) is 10.4. The van der Waals surface area contributed by atoms with Gasteiger partial charge in [-0.25, -0.2) is 9.78 Å². The molecule has 4 rings (SSSR count). The molecule has 0 bridgehead atoms. The minimum absolute atomic E-state index is 0.227. The number of carbonyl (C=O) groups is 1. The molecule has 0 fully saturated rings. The molecule has 4 aromatic rings. The molecule has 0 saturated carbocycles. The van der Waals surface area contributed by atoms with Crippen molar-refractivity contribution in [2.45, 2.75) is 13.3 Å². The number of hydrogen-bond acceptors (Lipinski definition) is 4. The third-order valence-electron chi connectivity index (χ3n) is 5.09. The van der Waals surface area contributed by atoms with Crippen LogP contribution in [0.5, 0.6) is 11.5 Å². The van der Waals surface area contributed by atoms with Crippen LogP contribution in [0.4, 0.5) is 0 Å². The molecule has 5 heteroatoms. The molecule has 31 heavy (non-hydrogen) atoms. The Morgan fingerprint density at radius 2 is 1.52 bits per heavy atom. The zero-order valence-corrected chi connectivity index (χ0v) is 17.5. The minimum Gasteiger partial charge on any atom is -0.497 e. The van der Waals surface area contributed by atoms with E-state index >= 15 is 0 Å². The summed E-state index contributed by atoms with van der Waals surface area (Å²) in [7, 11) is 1.61. The summed E-state index contributed by atoms with van der Waals surface area (Å²) in [6.07, 6.45) is 0.959. The molecule has 0 aliphatic heterocycles. The number of benzene rings is 3. The third-order valence-corrected chi connectivity index (χ3v) is 5.09. The van der Waals surface area contributed by atoms with Gasteiger partial charge in [0, 0.05) is 10.9 Å². The summed E-state index contributed by atoms with van der Waals surface area (Å²) in [5.74, 6) is 0.587. The van der Waals surface area contributed by atoms with Crippen molar-refractivity contribution in [3.8, 4) is 33.9 Å². The van der Waals surface area contributed by atoms with Crippen LogP contribution in [0.3, 0.4) is 0 Å². The van der Waals surface area contributed by atoms with Crippen LogP contribution in [0.1, 0.15) is 23.7 Å². The number of methoxy groups -OCH3 is 1. The number of carboxylic acids is 1. The number of pyridine rings is 1. The van der Waals surface area contributed by atoms with Gasteiger partial charge in [-0.15, -0.1) is 0 Å². The van der Waals surface area contributed by atoms with Crippen LogP contribution in [0, 0.1) is 0 Å². The molecular weight excluding hydrogens is 390 g/mol. The highest BCUT2D eigenvalue weighted by Crippen LogP contribution is 2.30. The topological polar surface area (TPSA) is 68.7 Å². The van der Waals surface area contributed by atoms with Crippen LogP contribution < -0.4 is 9.47 Å². The smallest absolute Gasteiger partial charge is 0.336 e. The first-order valence-electron chi connectivity index (χ1n) is 10.1. The van der Waals surface area contributed by atoms with Crippen molar-refractivity contribution >= 4 is 16.9 Å². The Kier molecular flexibility index (Phi) is 5.85. The SMILES string of the molecule is CCCOc1ccc(-c2ccc3c(C(=O)O)cc(-c4ccc(OC)cc4)nc3c2)cc1. The minimum atomic E-state index is -0.979. The molecule has 0 saturated heterocycles. The standard InChI is InChI=1S/C26H23NO4/c1-3-14-31-21-11-4-17(5-12-21)19-8-13-22-23(26(28)29)16-24(27-25(22)15-19)18-6-9-20(30-2)10-7-18/h4-13,15-16H,3,14H2,1-2H3,(H,28,29). The molecule has 0 unspecified atom stereocenters. The number of rotatable bonds is 7. The summed E-state index contributed by atoms with van der Waals surface area (Å²) in [6, 6.07) is 22.6. The maximum atomic E-state index is 11.9. The average molecular weight is 413 g/mol. The molecule has 0 amide bonds. The van der Waals surface area contributed by atoms with Crippen molar-refractivity contribution in [2.24, 2.45) is 0 Å². The van der Waals surface area contributed by atoms with Crippen molar-refractivity contribution in [1.29, 1.82) is 0 Å². The van der Waals surface area contributed by atoms with Gasteiger partial charge in [0.25, 0.3) is 0 Å². The van der Waals surface area contributed by atoms with Crippen molar-refractivity contribution in [2.75, 3.05) is 13.7 Å². The molecule has 0 radical (unpaired) electrons. The molecule has 0 atom stereocenters. The highest BCUT2D eigenvalue weighted by atomic mass is 16.5. The van der Waals surface area contributed by atoms with Crippen LogP contribution in [-0.4, -0.2) is 29.8 Å². The molecule has 3 aromatic carbocycles. The van der Waals surface area contributed by atoms with Gasteiger partial charge >= 0.3 is 5.97 Å². The van der Waals surface area contributed by atoms with Gasteiger partial charge in [-0.2, -0.15) is 0 Å². The number of ether oxygens (including phenoxy) is 2. The fourth-order valence-electron chi connectivity index (χ4n) is 3.46. The number of fused-ring (bicyclic) bond motifs is 1. The first-order valence-corrected chi connectivity index (χ1v) is 10.1. The predicted octanol–water partition coefficient (Wildman–Crippen LogP) is 6.06. The molecule has 0 aliphatic carbocycles. The second kappa shape index (κ2) is 8.88. The lowest BCUT2D eigenvalue weighted by Crippen LogP contribution is -2.00. The van der Waals surface area contributed by atoms with Crippen LogP contribution in [0.15, 0.2) is 72.8 Å². The number of aromatic nitrogens is 1. The lowest BCUT2D eigenvalue weighted by Gasteiger charge is -2.10. The largest absolute Gasteiger partial charge is 0.497 e. The van der Waals surface area contributed by atoms with E-state index in [-0.39, 0.29) is 5.56 Å². The average Bonchev–Trinajstić information content (AvgIpc) is 2.82. The van der Waals surface area contributed by atoms with E-state index in [0.717, 1.165) is 34.6 Å². The van der Waals surface area contributed by atoms with Gasteiger partial charge < -0.3 is 14.6 Å². The molecule has 0 spiro atoms. The number of hydrogen-bond donors (Lipinski definition) is 1. The zero-order chi connectivity index (χ0) is 21.8. The van der Waals surface area contributed by atoms with Gasteiger partial charge in [-0.1, -0.05) is 31.2 Å². The molecule has 1 N–H and O–H groups in total. The van der Waals surface area contributed by atoms with Crippen LogP contribution >= 0.6 is 0 Å². The molecular formula is C26H23NO4. The second-order valence-corrected chi connectivity index (χ2v) is 7.19. The fraction of sp³-hybridized carbons (Fsp3) is 0.154. The monoisotopic (exact) mass is 413 g/mol. The maximum Gasteiger partial charge on any atom is 0.336 e. The molecule has 1 heterocycles. The highest BCUT2D eigenvalue weighted by molar-refractivity contribution is 6.04. The highest BCUT2D eigenvalue weighted by Gasteiger charge is 2.14. The summed E-state index contributed by atoms with van der Waals surface area (Å²) >= 11 is 0. The van der Waals surface area contributed by atoms with Gasteiger partial charge in [0.2, 0.25) is 0 Å². The van der Waals surface area contributed by atoms with E-state index in [2.05, 4.69) is 6.92 Å². The van der Waals surface area contributed by atoms with Crippen LogP contribution in [0.25, 0.3) is 33.3 Å². The van der Waals surface area contributed by atoms with Gasteiger partial charge in [0.1, 0.15) is 11.5 Å². The Bertz CT molecular complexity index is 1210.